The lowest BCUT2D eigenvalue weighted by molar-refractivity contribution is 0.0621. The van der Waals surface area contributed by atoms with Gasteiger partial charge in [0.2, 0.25) is 0 Å². The van der Waals surface area contributed by atoms with E-state index >= 15 is 0 Å². The Kier molecular flexibility index (Phi) is 4.64. The minimum atomic E-state index is -0.213. The van der Waals surface area contributed by atoms with Gasteiger partial charge in [-0.2, -0.15) is 5.10 Å². The largest absolute Gasteiger partial charge is 0.335 e. The molecular weight excluding hydrogens is 367 g/mol. The number of rotatable bonds is 3. The van der Waals surface area contributed by atoms with Crippen LogP contribution in [0.1, 0.15) is 27.2 Å². The number of H-pyrrole nitrogens is 1. The molecule has 0 unspecified atom stereocenters. The summed E-state index contributed by atoms with van der Waals surface area (Å²) in [5.41, 5.74) is 6.12. The molecule has 0 radical (unpaired) electrons. The number of hydrogen-bond acceptors (Lipinski definition) is 3. The first-order chi connectivity index (χ1) is 14.2. The first-order valence-electron chi connectivity index (χ1n) is 10.1. The molecule has 1 saturated heterocycles. The Balaban J connectivity index is 1.26. The summed E-state index contributed by atoms with van der Waals surface area (Å²) in [4.78, 5) is 17.4. The van der Waals surface area contributed by atoms with Crippen molar-refractivity contribution in [2.45, 2.75) is 19.4 Å². The zero-order chi connectivity index (χ0) is 19.8. The second kappa shape index (κ2) is 7.44. The van der Waals surface area contributed by atoms with Gasteiger partial charge in [-0.05, 0) is 36.1 Å². The van der Waals surface area contributed by atoms with Gasteiger partial charge in [-0.3, -0.25) is 14.8 Å². The van der Waals surface area contributed by atoms with Gasteiger partial charge in [0, 0.05) is 43.9 Å². The summed E-state index contributed by atoms with van der Waals surface area (Å²) in [5, 5.41) is 7.50. The number of hydrogen-bond donors (Lipinski definition) is 1. The molecule has 5 rings (SSSR count). The number of fused-ring (bicyclic) bond motifs is 3. The Morgan fingerprint density at radius 2 is 1.76 bits per heavy atom. The molecule has 3 aromatic rings. The molecule has 1 aliphatic heterocycles. The highest BCUT2D eigenvalue weighted by Crippen LogP contribution is 2.33. The first kappa shape index (κ1) is 18.1. The Morgan fingerprint density at radius 1 is 1.00 bits per heavy atom. The summed E-state index contributed by atoms with van der Waals surface area (Å²) in [6, 6.07) is 14.9. The van der Waals surface area contributed by atoms with E-state index in [0.29, 0.717) is 18.8 Å². The average molecular weight is 390 g/mol. The molecule has 2 aromatic carbocycles. The fourth-order valence-electron chi connectivity index (χ4n) is 4.35. The van der Waals surface area contributed by atoms with Crippen LogP contribution in [0.15, 0.2) is 48.5 Å². The van der Waals surface area contributed by atoms with Crippen LogP contribution in [0.4, 0.5) is 4.39 Å². The molecule has 2 heterocycles. The van der Waals surface area contributed by atoms with E-state index in [4.69, 9.17) is 0 Å². The van der Waals surface area contributed by atoms with Crippen LogP contribution in [-0.2, 0) is 19.4 Å². The number of nitrogens with one attached hydrogen (secondary N) is 1. The lowest BCUT2D eigenvalue weighted by atomic mass is 9.89. The van der Waals surface area contributed by atoms with Crippen molar-refractivity contribution in [2.24, 2.45) is 0 Å². The first-order valence-corrected chi connectivity index (χ1v) is 10.1. The molecule has 1 fully saturated rings. The summed E-state index contributed by atoms with van der Waals surface area (Å²) in [6.45, 7) is 3.76. The number of aromatic amines is 1. The predicted octanol–water partition coefficient (Wildman–Crippen LogP) is 3.27. The van der Waals surface area contributed by atoms with Gasteiger partial charge in [0.05, 0.1) is 5.69 Å². The second-order valence-corrected chi connectivity index (χ2v) is 7.78. The summed E-state index contributed by atoms with van der Waals surface area (Å²) >= 11 is 0. The van der Waals surface area contributed by atoms with Crippen molar-refractivity contribution in [2.75, 3.05) is 26.2 Å². The monoisotopic (exact) mass is 390 g/mol. The third-order valence-corrected chi connectivity index (χ3v) is 5.98. The highest BCUT2D eigenvalue weighted by atomic mass is 19.1. The molecule has 1 aliphatic carbocycles. The molecule has 148 valence electrons. The molecule has 0 bridgehead atoms. The predicted molar refractivity (Wildman–Crippen MR) is 109 cm³/mol. The van der Waals surface area contributed by atoms with Crippen LogP contribution in [0.5, 0.6) is 0 Å². The van der Waals surface area contributed by atoms with E-state index in [9.17, 15) is 9.18 Å². The molecule has 6 heteroatoms. The van der Waals surface area contributed by atoms with Crippen molar-refractivity contribution in [3.05, 3.63) is 76.7 Å². The zero-order valence-corrected chi connectivity index (χ0v) is 16.2. The van der Waals surface area contributed by atoms with Crippen molar-refractivity contribution < 1.29 is 9.18 Å². The smallest absolute Gasteiger partial charge is 0.272 e. The van der Waals surface area contributed by atoms with E-state index < -0.39 is 0 Å². The fraction of sp³-hybridized carbons (Fsp3) is 0.304. The number of piperazine rings is 1. The maximum absolute atomic E-state index is 13.1. The highest BCUT2D eigenvalue weighted by molar-refractivity contribution is 5.96. The van der Waals surface area contributed by atoms with Crippen molar-refractivity contribution in [3.8, 4) is 11.3 Å². The molecule has 2 aliphatic rings. The van der Waals surface area contributed by atoms with E-state index in [1.165, 1.54) is 17.7 Å². The van der Waals surface area contributed by atoms with Gasteiger partial charge in [-0.1, -0.05) is 36.4 Å². The highest BCUT2D eigenvalue weighted by Gasteiger charge is 2.29. The van der Waals surface area contributed by atoms with Gasteiger partial charge in [-0.15, -0.1) is 0 Å². The molecule has 5 nitrogen and oxygen atoms in total. The van der Waals surface area contributed by atoms with Crippen LogP contribution in [0.25, 0.3) is 11.3 Å². The molecular formula is C23H23FN4O. The number of halogens is 1. The SMILES string of the molecule is O=C(c1[nH]nc2c1CCc1ccccc1-2)N1CCN(Cc2ccc(F)cc2)CC1. The van der Waals surface area contributed by atoms with Gasteiger partial charge in [0.1, 0.15) is 11.5 Å². The van der Waals surface area contributed by atoms with Crippen LogP contribution in [0.2, 0.25) is 0 Å². The lowest BCUT2D eigenvalue weighted by Crippen LogP contribution is -2.48. The quantitative estimate of drug-likeness (QED) is 0.747. The number of aryl methyl sites for hydroxylation is 1. The number of nitrogens with zero attached hydrogens (tertiary/aromatic N) is 3. The van der Waals surface area contributed by atoms with E-state index in [1.807, 2.05) is 29.2 Å². The van der Waals surface area contributed by atoms with Crippen molar-refractivity contribution in [1.82, 2.24) is 20.0 Å². The van der Waals surface area contributed by atoms with Crippen molar-refractivity contribution in [1.29, 1.82) is 0 Å². The average Bonchev–Trinajstić information content (AvgIpc) is 3.20. The standard InChI is InChI=1S/C23H23FN4O/c24-18-8-5-16(6-9-18)15-27-11-13-28(14-12-27)23(29)22-20-10-7-17-3-1-2-4-19(17)21(20)25-26-22/h1-6,8-9H,7,10-15H2,(H,25,26). The van der Waals surface area contributed by atoms with E-state index in [0.717, 1.165) is 54.9 Å². The second-order valence-electron chi connectivity index (χ2n) is 7.78. The van der Waals surface area contributed by atoms with Crippen LogP contribution < -0.4 is 0 Å². The van der Waals surface area contributed by atoms with E-state index in [1.54, 1.807) is 0 Å². The molecule has 0 saturated carbocycles. The minimum absolute atomic E-state index is 0.0413. The Morgan fingerprint density at radius 3 is 2.55 bits per heavy atom. The summed E-state index contributed by atoms with van der Waals surface area (Å²) in [5.74, 6) is -0.172. The summed E-state index contributed by atoms with van der Waals surface area (Å²) < 4.78 is 13.1. The van der Waals surface area contributed by atoms with Crippen LogP contribution in [-0.4, -0.2) is 52.1 Å². The van der Waals surface area contributed by atoms with Gasteiger partial charge in [0.25, 0.3) is 5.91 Å². The number of amides is 1. The van der Waals surface area contributed by atoms with Gasteiger partial charge in [-0.25, -0.2) is 4.39 Å². The van der Waals surface area contributed by atoms with E-state index in [-0.39, 0.29) is 11.7 Å². The molecule has 29 heavy (non-hydrogen) atoms. The molecule has 1 aromatic heterocycles. The maximum atomic E-state index is 13.1. The Hall–Kier alpha value is -2.99. The number of benzene rings is 2. The minimum Gasteiger partial charge on any atom is -0.335 e. The topological polar surface area (TPSA) is 52.2 Å². The van der Waals surface area contributed by atoms with Crippen LogP contribution >= 0.6 is 0 Å². The zero-order valence-electron chi connectivity index (χ0n) is 16.2. The number of carbonyl (C=O) groups is 1. The maximum Gasteiger partial charge on any atom is 0.272 e. The lowest BCUT2D eigenvalue weighted by Gasteiger charge is -2.34. The molecule has 0 spiro atoms. The van der Waals surface area contributed by atoms with Gasteiger partial charge >= 0.3 is 0 Å². The van der Waals surface area contributed by atoms with Crippen molar-refractivity contribution in [3.63, 3.8) is 0 Å². The van der Waals surface area contributed by atoms with Crippen LogP contribution in [0, 0.1) is 5.82 Å². The third kappa shape index (κ3) is 3.44. The third-order valence-electron chi connectivity index (χ3n) is 5.98. The van der Waals surface area contributed by atoms with Crippen LogP contribution in [0.3, 0.4) is 0 Å². The normalized spacial score (nSPS) is 16.4. The number of aromatic nitrogens is 2. The van der Waals surface area contributed by atoms with Gasteiger partial charge < -0.3 is 4.90 Å². The van der Waals surface area contributed by atoms with Crippen molar-refractivity contribution >= 4 is 5.91 Å². The Labute approximate surface area is 169 Å². The molecule has 1 N–H and O–H groups in total. The fourth-order valence-corrected chi connectivity index (χ4v) is 4.35. The summed E-state index contributed by atoms with van der Waals surface area (Å²) in [6.07, 6.45) is 1.78. The molecule has 0 atom stereocenters. The Bertz CT molecular complexity index is 1040. The summed E-state index contributed by atoms with van der Waals surface area (Å²) in [7, 11) is 0. The number of carbonyl (C=O) groups excluding carboxylic acids is 1. The molecule has 1 amide bonds. The van der Waals surface area contributed by atoms with Gasteiger partial charge in [0.15, 0.2) is 0 Å². The van der Waals surface area contributed by atoms with E-state index in [2.05, 4.69) is 27.2 Å².